The van der Waals surface area contributed by atoms with E-state index in [0.29, 0.717) is 12.0 Å². The lowest BCUT2D eigenvalue weighted by atomic mass is 10.0. The maximum absolute atomic E-state index is 3.60. The summed E-state index contributed by atoms with van der Waals surface area (Å²) in [6.07, 6.45) is 1.07. The zero-order valence-electron chi connectivity index (χ0n) is 11.9. The van der Waals surface area contributed by atoms with Crippen LogP contribution < -0.4 is 5.32 Å². The third-order valence-corrected chi connectivity index (χ3v) is 4.19. The molecule has 0 saturated heterocycles. The maximum Gasteiger partial charge on any atom is 0.0348 e. The van der Waals surface area contributed by atoms with Crippen LogP contribution in [-0.2, 0) is 6.42 Å². The van der Waals surface area contributed by atoms with E-state index in [-0.39, 0.29) is 0 Å². The van der Waals surface area contributed by atoms with Crippen LogP contribution in [0.1, 0.15) is 31.9 Å². The summed E-state index contributed by atoms with van der Waals surface area (Å²) in [6, 6.07) is 16.0. The molecule has 0 fully saturated rings. The Morgan fingerprint density at radius 2 is 1.63 bits per heavy atom. The molecule has 0 spiro atoms. The number of benzene rings is 2. The van der Waals surface area contributed by atoms with E-state index in [1.807, 2.05) is 0 Å². The van der Waals surface area contributed by atoms with Gasteiger partial charge in [0, 0.05) is 11.7 Å². The molecule has 2 aromatic carbocycles. The van der Waals surface area contributed by atoms with Crippen LogP contribution in [0, 0.1) is 5.92 Å². The van der Waals surface area contributed by atoms with Gasteiger partial charge in [-0.3, -0.25) is 0 Å². The van der Waals surface area contributed by atoms with Gasteiger partial charge in [-0.05, 0) is 53.6 Å². The Hall–Kier alpha value is -1.76. The molecule has 0 bridgehead atoms. The second-order valence-corrected chi connectivity index (χ2v) is 5.88. The summed E-state index contributed by atoms with van der Waals surface area (Å²) in [7, 11) is 0. The highest BCUT2D eigenvalue weighted by Crippen LogP contribution is 2.37. The van der Waals surface area contributed by atoms with Gasteiger partial charge in [-0.15, -0.1) is 0 Å². The highest BCUT2D eigenvalue weighted by Gasteiger charge is 2.18. The lowest BCUT2D eigenvalue weighted by molar-refractivity contribution is 0.560. The molecular weight excluding hydrogens is 230 g/mol. The third-order valence-electron chi connectivity index (χ3n) is 4.19. The van der Waals surface area contributed by atoms with Crippen LogP contribution in [0.3, 0.4) is 0 Å². The van der Waals surface area contributed by atoms with Crippen LogP contribution in [-0.4, -0.2) is 6.04 Å². The van der Waals surface area contributed by atoms with Crippen molar-refractivity contribution in [3.05, 3.63) is 53.6 Å². The molecule has 1 nitrogen and oxygen atoms in total. The van der Waals surface area contributed by atoms with E-state index in [1.54, 1.807) is 0 Å². The predicted octanol–water partition coefficient (Wildman–Crippen LogP) is 4.71. The topological polar surface area (TPSA) is 12.0 Å². The average Bonchev–Trinajstić information content (AvgIpc) is 2.76. The normalized spacial score (nSPS) is 14.1. The molecule has 1 unspecified atom stereocenters. The molecule has 1 aliphatic carbocycles. The van der Waals surface area contributed by atoms with Crippen molar-refractivity contribution in [3.63, 3.8) is 0 Å². The minimum atomic E-state index is 0.495. The molecule has 0 saturated carbocycles. The lowest BCUT2D eigenvalue weighted by Gasteiger charge is -2.19. The van der Waals surface area contributed by atoms with Crippen molar-refractivity contribution in [1.29, 1.82) is 0 Å². The second-order valence-electron chi connectivity index (χ2n) is 5.88. The zero-order chi connectivity index (χ0) is 13.4. The van der Waals surface area contributed by atoms with E-state index in [4.69, 9.17) is 0 Å². The fraction of sp³-hybridized carbons (Fsp3) is 0.333. The molecule has 3 rings (SSSR count). The van der Waals surface area contributed by atoms with E-state index in [1.165, 1.54) is 27.9 Å². The van der Waals surface area contributed by atoms with Crippen molar-refractivity contribution >= 4 is 5.69 Å². The third kappa shape index (κ3) is 2.25. The standard InChI is InChI=1S/C18H21N/c1-12(2)13(3)19-16-9-8-15-10-14-6-4-5-7-17(14)18(15)11-16/h4-9,11-13,19H,10H2,1-3H3. The Morgan fingerprint density at radius 1 is 0.895 bits per heavy atom. The summed E-state index contributed by atoms with van der Waals surface area (Å²) in [5, 5.41) is 3.60. The molecule has 0 amide bonds. The molecule has 0 aliphatic heterocycles. The van der Waals surface area contributed by atoms with Crippen LogP contribution in [0.4, 0.5) is 5.69 Å². The van der Waals surface area contributed by atoms with Gasteiger partial charge in [-0.25, -0.2) is 0 Å². The minimum Gasteiger partial charge on any atom is -0.382 e. The molecule has 0 aromatic heterocycles. The highest BCUT2D eigenvalue weighted by atomic mass is 14.9. The SMILES string of the molecule is CC(C)C(C)Nc1ccc2c(c1)-c1ccccc1C2. The van der Waals surface area contributed by atoms with Crippen molar-refractivity contribution in [3.8, 4) is 11.1 Å². The van der Waals surface area contributed by atoms with Gasteiger partial charge in [-0.1, -0.05) is 44.2 Å². The van der Waals surface area contributed by atoms with E-state index in [9.17, 15) is 0 Å². The second kappa shape index (κ2) is 4.73. The minimum absolute atomic E-state index is 0.495. The van der Waals surface area contributed by atoms with E-state index >= 15 is 0 Å². The summed E-state index contributed by atoms with van der Waals surface area (Å²) < 4.78 is 0. The molecule has 0 radical (unpaired) electrons. The Kier molecular flexibility index (Phi) is 3.06. The Bertz CT molecular complexity index is 598. The van der Waals surface area contributed by atoms with Gasteiger partial charge in [0.15, 0.2) is 0 Å². The number of hydrogen-bond acceptors (Lipinski definition) is 1. The first kappa shape index (κ1) is 12.3. The largest absolute Gasteiger partial charge is 0.382 e. The Morgan fingerprint density at radius 3 is 2.42 bits per heavy atom. The van der Waals surface area contributed by atoms with E-state index < -0.39 is 0 Å². The van der Waals surface area contributed by atoms with E-state index in [0.717, 1.165) is 6.42 Å². The van der Waals surface area contributed by atoms with Crippen molar-refractivity contribution < 1.29 is 0 Å². The van der Waals surface area contributed by atoms with Gasteiger partial charge >= 0.3 is 0 Å². The van der Waals surface area contributed by atoms with Crippen LogP contribution in [0.5, 0.6) is 0 Å². The first-order valence-electron chi connectivity index (χ1n) is 7.13. The summed E-state index contributed by atoms with van der Waals surface area (Å²) in [5.74, 6) is 0.639. The fourth-order valence-corrected chi connectivity index (χ4v) is 2.64. The van der Waals surface area contributed by atoms with E-state index in [2.05, 4.69) is 68.6 Å². The van der Waals surface area contributed by atoms with Gasteiger partial charge in [0.25, 0.3) is 0 Å². The summed E-state index contributed by atoms with van der Waals surface area (Å²) >= 11 is 0. The van der Waals surface area contributed by atoms with Crippen LogP contribution >= 0.6 is 0 Å². The van der Waals surface area contributed by atoms with Crippen LogP contribution in [0.25, 0.3) is 11.1 Å². The number of hydrogen-bond donors (Lipinski definition) is 1. The molecule has 2 aromatic rings. The van der Waals surface area contributed by atoms with Crippen LogP contribution in [0.2, 0.25) is 0 Å². The summed E-state index contributed by atoms with van der Waals surface area (Å²) in [4.78, 5) is 0. The Balaban J connectivity index is 1.94. The average molecular weight is 251 g/mol. The maximum atomic E-state index is 3.60. The molecule has 1 atom stereocenters. The monoisotopic (exact) mass is 251 g/mol. The smallest absolute Gasteiger partial charge is 0.0348 e. The van der Waals surface area contributed by atoms with Gasteiger partial charge in [0.05, 0.1) is 0 Å². The molecule has 0 heterocycles. The number of nitrogens with one attached hydrogen (secondary N) is 1. The number of fused-ring (bicyclic) bond motifs is 3. The molecule has 98 valence electrons. The van der Waals surface area contributed by atoms with Crippen molar-refractivity contribution in [2.24, 2.45) is 5.92 Å². The fourth-order valence-electron chi connectivity index (χ4n) is 2.64. The molecule has 1 heteroatoms. The molecular formula is C18H21N. The first-order chi connectivity index (χ1) is 9.15. The van der Waals surface area contributed by atoms with Gasteiger partial charge < -0.3 is 5.32 Å². The molecule has 1 aliphatic rings. The van der Waals surface area contributed by atoms with Gasteiger partial charge in [0.2, 0.25) is 0 Å². The van der Waals surface area contributed by atoms with Crippen molar-refractivity contribution in [1.82, 2.24) is 0 Å². The first-order valence-corrected chi connectivity index (χ1v) is 7.13. The molecule has 19 heavy (non-hydrogen) atoms. The summed E-state index contributed by atoms with van der Waals surface area (Å²) in [6.45, 7) is 6.74. The van der Waals surface area contributed by atoms with Gasteiger partial charge in [0.1, 0.15) is 0 Å². The quantitative estimate of drug-likeness (QED) is 0.710. The van der Waals surface area contributed by atoms with Crippen molar-refractivity contribution in [2.75, 3.05) is 5.32 Å². The van der Waals surface area contributed by atoms with Crippen LogP contribution in [0.15, 0.2) is 42.5 Å². The molecule has 1 N–H and O–H groups in total. The highest BCUT2D eigenvalue weighted by molar-refractivity contribution is 5.79. The lowest BCUT2D eigenvalue weighted by Crippen LogP contribution is -2.21. The van der Waals surface area contributed by atoms with Gasteiger partial charge in [-0.2, -0.15) is 0 Å². The summed E-state index contributed by atoms with van der Waals surface area (Å²) in [5.41, 5.74) is 6.93. The Labute approximate surface area is 115 Å². The number of anilines is 1. The zero-order valence-corrected chi connectivity index (χ0v) is 11.9. The predicted molar refractivity (Wildman–Crippen MR) is 82.6 cm³/mol. The van der Waals surface area contributed by atoms with Crippen molar-refractivity contribution in [2.45, 2.75) is 33.2 Å². The number of rotatable bonds is 3.